The van der Waals surface area contributed by atoms with Crippen LogP contribution in [-0.4, -0.2) is 36.2 Å². The zero-order valence-electron chi connectivity index (χ0n) is 9.71. The van der Waals surface area contributed by atoms with Crippen LogP contribution in [0.15, 0.2) is 0 Å². The fourth-order valence-electron chi connectivity index (χ4n) is 2.97. The molecule has 1 N–H and O–H groups in total. The third-order valence-corrected chi connectivity index (χ3v) is 4.14. The summed E-state index contributed by atoms with van der Waals surface area (Å²) in [6.45, 7) is 2.93. The number of hydrogen-bond donors (Lipinski definition) is 1. The van der Waals surface area contributed by atoms with Crippen LogP contribution in [0.4, 0.5) is 0 Å². The van der Waals surface area contributed by atoms with Gasteiger partial charge in [0.15, 0.2) is 0 Å². The maximum absolute atomic E-state index is 11.8. The molecular formula is C12H20N2O2. The molecule has 2 saturated heterocycles. The number of hydrogen-bond acceptors (Lipinski definition) is 3. The minimum Gasteiger partial charge on any atom is -0.316 e. The Hall–Kier alpha value is -0.610. The second kappa shape index (κ2) is 4.00. The summed E-state index contributed by atoms with van der Waals surface area (Å²) in [4.78, 5) is 17.7. The molecular weight excluding hydrogens is 204 g/mol. The summed E-state index contributed by atoms with van der Waals surface area (Å²) >= 11 is 0. The number of nitrogens with one attached hydrogen (secondary N) is 1. The van der Waals surface area contributed by atoms with E-state index in [1.807, 2.05) is 0 Å². The highest BCUT2D eigenvalue weighted by molar-refractivity contribution is 5.78. The van der Waals surface area contributed by atoms with Crippen molar-refractivity contribution in [1.29, 1.82) is 0 Å². The van der Waals surface area contributed by atoms with Crippen molar-refractivity contribution in [1.82, 2.24) is 10.4 Å². The van der Waals surface area contributed by atoms with Crippen LogP contribution < -0.4 is 5.32 Å². The standard InChI is InChI=1S/C12H20N2O2/c15-11-7-12(4-2-5-12)16-14(11)9-10-3-1-6-13-8-10/h10,13H,1-9H2. The predicted octanol–water partition coefficient (Wildman–Crippen LogP) is 1.07. The summed E-state index contributed by atoms with van der Waals surface area (Å²) in [5.74, 6) is 0.776. The Morgan fingerprint density at radius 1 is 1.44 bits per heavy atom. The molecule has 4 heteroatoms. The molecule has 0 bridgehead atoms. The molecule has 1 amide bonds. The lowest BCUT2D eigenvalue weighted by molar-refractivity contribution is -0.223. The van der Waals surface area contributed by atoms with Gasteiger partial charge in [0.05, 0.1) is 13.0 Å². The van der Waals surface area contributed by atoms with Gasteiger partial charge >= 0.3 is 0 Å². The van der Waals surface area contributed by atoms with Crippen molar-refractivity contribution >= 4 is 5.91 Å². The molecule has 2 aliphatic heterocycles. The monoisotopic (exact) mass is 224 g/mol. The van der Waals surface area contributed by atoms with E-state index < -0.39 is 0 Å². The quantitative estimate of drug-likeness (QED) is 0.763. The van der Waals surface area contributed by atoms with Crippen LogP contribution in [0.2, 0.25) is 0 Å². The normalized spacial score (nSPS) is 33.1. The topological polar surface area (TPSA) is 41.6 Å². The van der Waals surface area contributed by atoms with Crippen LogP contribution in [-0.2, 0) is 9.63 Å². The highest BCUT2D eigenvalue weighted by Gasteiger charge is 2.49. The van der Waals surface area contributed by atoms with Gasteiger partial charge in [-0.1, -0.05) is 0 Å². The molecule has 0 radical (unpaired) electrons. The summed E-state index contributed by atoms with van der Waals surface area (Å²) in [7, 11) is 0. The molecule has 3 rings (SSSR count). The highest BCUT2D eigenvalue weighted by atomic mass is 16.7. The Labute approximate surface area is 96.3 Å². The first-order valence-corrected chi connectivity index (χ1v) is 6.48. The molecule has 2 heterocycles. The molecule has 1 aliphatic carbocycles. The molecule has 3 aliphatic rings. The van der Waals surface area contributed by atoms with E-state index in [4.69, 9.17) is 4.84 Å². The molecule has 16 heavy (non-hydrogen) atoms. The van der Waals surface area contributed by atoms with E-state index in [0.29, 0.717) is 12.3 Å². The lowest BCUT2D eigenvalue weighted by Crippen LogP contribution is -2.41. The first kappa shape index (κ1) is 10.5. The van der Waals surface area contributed by atoms with Crippen molar-refractivity contribution in [2.24, 2.45) is 5.92 Å². The van der Waals surface area contributed by atoms with Gasteiger partial charge in [0.1, 0.15) is 5.60 Å². The number of amides is 1. The van der Waals surface area contributed by atoms with E-state index in [0.717, 1.165) is 32.5 Å². The summed E-state index contributed by atoms with van der Waals surface area (Å²) < 4.78 is 0. The maximum Gasteiger partial charge on any atom is 0.249 e. The molecule has 0 aromatic heterocycles. The second-order valence-corrected chi connectivity index (χ2v) is 5.47. The summed E-state index contributed by atoms with van der Waals surface area (Å²) in [5.41, 5.74) is -0.0841. The van der Waals surface area contributed by atoms with Crippen molar-refractivity contribution in [2.45, 2.75) is 44.1 Å². The van der Waals surface area contributed by atoms with Gasteiger partial charge in [-0.2, -0.15) is 0 Å². The third kappa shape index (κ3) is 1.84. The number of nitrogens with zero attached hydrogens (tertiary/aromatic N) is 1. The Kier molecular flexibility index (Phi) is 2.64. The molecule has 4 nitrogen and oxygen atoms in total. The fraction of sp³-hybridized carbons (Fsp3) is 0.917. The fourth-order valence-corrected chi connectivity index (χ4v) is 2.97. The number of carbonyl (C=O) groups excluding carboxylic acids is 1. The first-order chi connectivity index (χ1) is 7.77. The molecule has 3 fully saturated rings. The summed E-state index contributed by atoms with van der Waals surface area (Å²) in [5, 5.41) is 5.03. The Balaban J connectivity index is 1.56. The Bertz CT molecular complexity index is 283. The van der Waals surface area contributed by atoms with Crippen molar-refractivity contribution in [3.05, 3.63) is 0 Å². The van der Waals surface area contributed by atoms with Gasteiger partial charge in [-0.05, 0) is 51.1 Å². The zero-order chi connectivity index (χ0) is 11.0. The van der Waals surface area contributed by atoms with Crippen molar-refractivity contribution in [3.63, 3.8) is 0 Å². The van der Waals surface area contributed by atoms with Crippen LogP contribution in [0.5, 0.6) is 0 Å². The molecule has 0 aromatic rings. The number of rotatable bonds is 2. The van der Waals surface area contributed by atoms with Crippen LogP contribution in [0, 0.1) is 5.92 Å². The van der Waals surface area contributed by atoms with E-state index in [-0.39, 0.29) is 11.5 Å². The average molecular weight is 224 g/mol. The van der Waals surface area contributed by atoms with Crippen LogP contribution in [0.1, 0.15) is 38.5 Å². The lowest BCUT2D eigenvalue weighted by atomic mass is 9.78. The van der Waals surface area contributed by atoms with Crippen molar-refractivity contribution in [3.8, 4) is 0 Å². The van der Waals surface area contributed by atoms with Gasteiger partial charge in [-0.3, -0.25) is 9.63 Å². The van der Waals surface area contributed by atoms with Crippen LogP contribution in [0.3, 0.4) is 0 Å². The smallest absolute Gasteiger partial charge is 0.249 e. The van der Waals surface area contributed by atoms with E-state index in [1.165, 1.54) is 19.3 Å². The first-order valence-electron chi connectivity index (χ1n) is 6.48. The number of piperidine rings is 1. The van der Waals surface area contributed by atoms with E-state index in [2.05, 4.69) is 5.32 Å². The van der Waals surface area contributed by atoms with Gasteiger partial charge in [0.2, 0.25) is 5.91 Å². The van der Waals surface area contributed by atoms with E-state index in [9.17, 15) is 4.79 Å². The van der Waals surface area contributed by atoms with Gasteiger partial charge in [0.25, 0.3) is 0 Å². The van der Waals surface area contributed by atoms with Gasteiger partial charge in [-0.15, -0.1) is 0 Å². The number of carbonyl (C=O) groups is 1. The van der Waals surface area contributed by atoms with E-state index in [1.54, 1.807) is 5.06 Å². The lowest BCUT2D eigenvalue weighted by Gasteiger charge is -2.36. The number of hydroxylamine groups is 2. The molecule has 1 unspecified atom stereocenters. The molecule has 90 valence electrons. The van der Waals surface area contributed by atoms with Gasteiger partial charge < -0.3 is 5.32 Å². The molecule has 1 spiro atoms. The minimum absolute atomic E-state index is 0.0841. The van der Waals surface area contributed by atoms with Crippen LogP contribution in [0.25, 0.3) is 0 Å². The highest BCUT2D eigenvalue weighted by Crippen LogP contribution is 2.43. The minimum atomic E-state index is -0.0841. The summed E-state index contributed by atoms with van der Waals surface area (Å²) in [6, 6.07) is 0. The third-order valence-electron chi connectivity index (χ3n) is 4.14. The Morgan fingerprint density at radius 3 is 2.88 bits per heavy atom. The second-order valence-electron chi connectivity index (χ2n) is 5.47. The summed E-state index contributed by atoms with van der Waals surface area (Å²) in [6.07, 6.45) is 6.40. The largest absolute Gasteiger partial charge is 0.316 e. The average Bonchev–Trinajstić information content (AvgIpc) is 2.58. The van der Waals surface area contributed by atoms with Crippen molar-refractivity contribution < 1.29 is 9.63 Å². The van der Waals surface area contributed by atoms with Crippen molar-refractivity contribution in [2.75, 3.05) is 19.6 Å². The molecule has 0 aromatic carbocycles. The Morgan fingerprint density at radius 2 is 2.31 bits per heavy atom. The maximum atomic E-state index is 11.8. The molecule has 1 atom stereocenters. The zero-order valence-corrected chi connectivity index (χ0v) is 9.71. The van der Waals surface area contributed by atoms with Crippen LogP contribution >= 0.6 is 0 Å². The molecule has 1 saturated carbocycles. The predicted molar refractivity (Wildman–Crippen MR) is 59.6 cm³/mol. The van der Waals surface area contributed by atoms with Gasteiger partial charge in [0, 0.05) is 0 Å². The van der Waals surface area contributed by atoms with E-state index >= 15 is 0 Å². The van der Waals surface area contributed by atoms with Gasteiger partial charge in [-0.25, -0.2) is 5.06 Å². The SMILES string of the molecule is O=C1CC2(CCC2)ON1CC1CCCNC1.